The summed E-state index contributed by atoms with van der Waals surface area (Å²) in [6.45, 7) is 1.26. The Labute approximate surface area is 147 Å². The van der Waals surface area contributed by atoms with Gasteiger partial charge in [0.15, 0.2) is 0 Å². The molecule has 2 aliphatic rings. The first-order chi connectivity index (χ1) is 11.9. The minimum Gasteiger partial charge on any atom is -0.358 e. The standard InChI is InChI=1S/C21H24N2S/c1-2-9-18-17(8-1)21-19(22-18)14-15-10-11-20(21)23(15)12-4-3-6-16-7-5-13-24-16/h1-2,5,7-9,13,15,20,22H,3-4,6,10-12,14H2/t15-,20+/m0/s1. The molecular weight excluding hydrogens is 312 g/mol. The molecule has 2 nitrogen and oxygen atoms in total. The molecule has 1 N–H and O–H groups in total. The molecule has 2 aliphatic heterocycles. The second kappa shape index (κ2) is 6.05. The van der Waals surface area contributed by atoms with Crippen molar-refractivity contribution in [1.29, 1.82) is 0 Å². The number of aryl methyl sites for hydroxylation is 1. The molecule has 1 saturated heterocycles. The van der Waals surface area contributed by atoms with Crippen LogP contribution < -0.4 is 0 Å². The first kappa shape index (κ1) is 14.7. The fourth-order valence-corrected chi connectivity index (χ4v) is 5.60. The largest absolute Gasteiger partial charge is 0.358 e. The first-order valence-electron chi connectivity index (χ1n) is 9.28. The van der Waals surface area contributed by atoms with E-state index in [2.05, 4.69) is 51.7 Å². The van der Waals surface area contributed by atoms with Crippen molar-refractivity contribution in [3.63, 3.8) is 0 Å². The van der Waals surface area contributed by atoms with Crippen molar-refractivity contribution in [3.8, 4) is 0 Å². The molecule has 0 saturated carbocycles. The van der Waals surface area contributed by atoms with Crippen molar-refractivity contribution in [1.82, 2.24) is 9.88 Å². The van der Waals surface area contributed by atoms with Gasteiger partial charge >= 0.3 is 0 Å². The molecule has 1 fully saturated rings. The van der Waals surface area contributed by atoms with Crippen LogP contribution in [0, 0.1) is 0 Å². The van der Waals surface area contributed by atoms with Gasteiger partial charge in [0.2, 0.25) is 0 Å². The van der Waals surface area contributed by atoms with Gasteiger partial charge in [-0.05, 0) is 61.7 Å². The molecule has 0 radical (unpaired) electrons. The van der Waals surface area contributed by atoms with E-state index in [1.165, 1.54) is 66.5 Å². The third-order valence-corrected chi connectivity index (χ3v) is 6.85. The maximum absolute atomic E-state index is 3.70. The van der Waals surface area contributed by atoms with Crippen LogP contribution in [-0.4, -0.2) is 22.5 Å². The molecule has 3 heteroatoms. The minimum atomic E-state index is 0.650. The van der Waals surface area contributed by atoms with Crippen molar-refractivity contribution in [2.24, 2.45) is 0 Å². The Morgan fingerprint density at radius 3 is 2.96 bits per heavy atom. The molecule has 2 bridgehead atoms. The van der Waals surface area contributed by atoms with Crippen molar-refractivity contribution in [3.05, 3.63) is 57.9 Å². The fraction of sp³-hybridized carbons (Fsp3) is 0.429. The number of benzene rings is 1. The Kier molecular flexibility index (Phi) is 3.72. The highest BCUT2D eigenvalue weighted by molar-refractivity contribution is 7.09. The molecule has 124 valence electrons. The van der Waals surface area contributed by atoms with Crippen molar-refractivity contribution in [2.75, 3.05) is 6.54 Å². The zero-order valence-electron chi connectivity index (χ0n) is 14.0. The fourth-order valence-electron chi connectivity index (χ4n) is 4.85. The summed E-state index contributed by atoms with van der Waals surface area (Å²) in [7, 11) is 0. The third kappa shape index (κ3) is 2.42. The van der Waals surface area contributed by atoms with Crippen LogP contribution in [0.1, 0.15) is 47.9 Å². The number of hydrogen-bond acceptors (Lipinski definition) is 2. The Bertz CT molecular complexity index is 833. The summed E-state index contributed by atoms with van der Waals surface area (Å²) in [5.41, 5.74) is 4.45. The van der Waals surface area contributed by atoms with E-state index in [-0.39, 0.29) is 0 Å². The molecule has 1 aromatic carbocycles. The van der Waals surface area contributed by atoms with Crippen molar-refractivity contribution in [2.45, 2.75) is 50.6 Å². The van der Waals surface area contributed by atoms with Gasteiger partial charge in [-0.3, -0.25) is 4.90 Å². The predicted octanol–water partition coefficient (Wildman–Crippen LogP) is 5.31. The zero-order valence-corrected chi connectivity index (χ0v) is 14.8. The SMILES string of the molecule is c1csc(CCCCN2[C@H]3CC[C@@H]2c2c([nH]c4ccccc24)C3)c1. The number of nitrogens with zero attached hydrogens (tertiary/aromatic N) is 1. The predicted molar refractivity (Wildman–Crippen MR) is 102 cm³/mol. The third-order valence-electron chi connectivity index (χ3n) is 5.91. The van der Waals surface area contributed by atoms with E-state index in [0.717, 1.165) is 6.04 Å². The molecule has 4 heterocycles. The summed E-state index contributed by atoms with van der Waals surface area (Å²) in [5.74, 6) is 0. The monoisotopic (exact) mass is 336 g/mol. The molecule has 0 aliphatic carbocycles. The number of fused-ring (bicyclic) bond motifs is 6. The second-order valence-electron chi connectivity index (χ2n) is 7.29. The average Bonchev–Trinajstić information content (AvgIpc) is 3.30. The summed E-state index contributed by atoms with van der Waals surface area (Å²) in [6.07, 6.45) is 7.81. The molecule has 2 aromatic heterocycles. The Hall–Kier alpha value is -1.58. The van der Waals surface area contributed by atoms with E-state index < -0.39 is 0 Å². The maximum Gasteiger partial charge on any atom is 0.0459 e. The van der Waals surface area contributed by atoms with Gasteiger partial charge in [-0.15, -0.1) is 11.3 Å². The summed E-state index contributed by atoms with van der Waals surface area (Å²) in [4.78, 5) is 8.05. The van der Waals surface area contributed by atoms with E-state index in [0.29, 0.717) is 6.04 Å². The van der Waals surface area contributed by atoms with Crippen molar-refractivity contribution < 1.29 is 0 Å². The Morgan fingerprint density at radius 1 is 1.08 bits per heavy atom. The smallest absolute Gasteiger partial charge is 0.0459 e. The van der Waals surface area contributed by atoms with Crippen LogP contribution in [0.5, 0.6) is 0 Å². The van der Waals surface area contributed by atoms with Crippen LogP contribution >= 0.6 is 11.3 Å². The molecular formula is C21H24N2S. The molecule has 0 unspecified atom stereocenters. The number of unbranched alkanes of at least 4 members (excludes halogenated alkanes) is 1. The number of nitrogens with one attached hydrogen (secondary N) is 1. The highest BCUT2D eigenvalue weighted by atomic mass is 32.1. The highest BCUT2D eigenvalue weighted by Crippen LogP contribution is 2.46. The molecule has 0 amide bonds. The summed E-state index contributed by atoms with van der Waals surface area (Å²) >= 11 is 1.90. The van der Waals surface area contributed by atoms with Crippen LogP contribution in [0.15, 0.2) is 41.8 Å². The van der Waals surface area contributed by atoms with Crippen LogP contribution in [0.25, 0.3) is 10.9 Å². The summed E-state index contributed by atoms with van der Waals surface area (Å²) in [5, 5.41) is 3.65. The number of rotatable bonds is 5. The van der Waals surface area contributed by atoms with Gasteiger partial charge in [0, 0.05) is 40.0 Å². The number of H-pyrrole nitrogens is 1. The summed E-state index contributed by atoms with van der Waals surface area (Å²) < 4.78 is 0. The van der Waals surface area contributed by atoms with Crippen LogP contribution in [0.3, 0.4) is 0 Å². The topological polar surface area (TPSA) is 19.0 Å². The normalized spacial score (nSPS) is 23.0. The lowest BCUT2D eigenvalue weighted by Crippen LogP contribution is -2.37. The molecule has 3 aromatic rings. The van der Waals surface area contributed by atoms with E-state index in [9.17, 15) is 0 Å². The lowest BCUT2D eigenvalue weighted by atomic mass is 9.96. The number of aromatic amines is 1. The number of hydrogen-bond donors (Lipinski definition) is 1. The maximum atomic E-state index is 3.70. The van der Waals surface area contributed by atoms with Crippen molar-refractivity contribution >= 4 is 22.2 Å². The molecule has 5 rings (SSSR count). The van der Waals surface area contributed by atoms with Crippen LogP contribution in [0.4, 0.5) is 0 Å². The van der Waals surface area contributed by atoms with E-state index in [1.807, 2.05) is 11.3 Å². The Morgan fingerprint density at radius 2 is 2.04 bits per heavy atom. The molecule has 2 atom stereocenters. The van der Waals surface area contributed by atoms with Gasteiger partial charge in [-0.2, -0.15) is 0 Å². The number of aromatic nitrogens is 1. The lowest BCUT2D eigenvalue weighted by molar-refractivity contribution is 0.174. The number of para-hydroxylation sites is 1. The average molecular weight is 337 g/mol. The van der Waals surface area contributed by atoms with Gasteiger partial charge in [0.25, 0.3) is 0 Å². The number of thiophene rings is 1. The van der Waals surface area contributed by atoms with Crippen LogP contribution in [0.2, 0.25) is 0 Å². The second-order valence-corrected chi connectivity index (χ2v) is 8.32. The van der Waals surface area contributed by atoms with Gasteiger partial charge in [0.05, 0.1) is 0 Å². The van der Waals surface area contributed by atoms with Gasteiger partial charge < -0.3 is 4.98 Å². The van der Waals surface area contributed by atoms with Crippen LogP contribution in [-0.2, 0) is 12.8 Å². The summed E-state index contributed by atoms with van der Waals surface area (Å²) in [6, 6.07) is 14.7. The molecule has 0 spiro atoms. The minimum absolute atomic E-state index is 0.650. The van der Waals surface area contributed by atoms with Gasteiger partial charge in [-0.1, -0.05) is 24.3 Å². The Balaban J connectivity index is 1.32. The molecule has 24 heavy (non-hydrogen) atoms. The lowest BCUT2D eigenvalue weighted by Gasteiger charge is -2.35. The van der Waals surface area contributed by atoms with E-state index in [4.69, 9.17) is 0 Å². The van der Waals surface area contributed by atoms with E-state index in [1.54, 1.807) is 5.56 Å². The zero-order chi connectivity index (χ0) is 15.9. The quantitative estimate of drug-likeness (QED) is 0.625. The van der Waals surface area contributed by atoms with E-state index >= 15 is 0 Å². The highest BCUT2D eigenvalue weighted by Gasteiger charge is 2.41. The first-order valence-corrected chi connectivity index (χ1v) is 10.2. The van der Waals surface area contributed by atoms with Gasteiger partial charge in [0.1, 0.15) is 0 Å². The van der Waals surface area contributed by atoms with Gasteiger partial charge in [-0.25, -0.2) is 0 Å².